The van der Waals surface area contributed by atoms with Crippen LogP contribution < -0.4 is 26.1 Å². The number of anilines is 2. The summed E-state index contributed by atoms with van der Waals surface area (Å²) in [6, 6.07) is 11.5. The molecule has 7 nitrogen and oxygen atoms in total. The lowest BCUT2D eigenvalue weighted by atomic mass is 10.0. The highest BCUT2D eigenvalue weighted by Gasteiger charge is 2.23. The van der Waals surface area contributed by atoms with Crippen molar-refractivity contribution in [2.75, 3.05) is 30.9 Å². The number of hydrogen-bond donors (Lipinski definition) is 2. The van der Waals surface area contributed by atoms with Crippen LogP contribution in [0.2, 0.25) is 5.02 Å². The fourth-order valence-electron chi connectivity index (χ4n) is 4.08. The molecule has 3 N–H and O–H groups in total. The lowest BCUT2D eigenvalue weighted by molar-refractivity contribution is 0.173. The molecule has 1 saturated heterocycles. The number of halogens is 1. The van der Waals surface area contributed by atoms with Crippen molar-refractivity contribution in [1.29, 1.82) is 0 Å². The number of benzene rings is 2. The molecule has 1 fully saturated rings. The maximum atomic E-state index is 12.1. The number of nitrogen functional groups attached to an aromatic ring is 1. The van der Waals surface area contributed by atoms with Gasteiger partial charge in [0, 0.05) is 36.1 Å². The van der Waals surface area contributed by atoms with Crippen molar-refractivity contribution in [2.45, 2.75) is 25.4 Å². The van der Waals surface area contributed by atoms with Gasteiger partial charge in [-0.25, -0.2) is 4.79 Å². The molecule has 0 aliphatic carbocycles. The first-order chi connectivity index (χ1) is 14.6. The molecule has 0 bridgehead atoms. The molecule has 3 aromatic rings. The van der Waals surface area contributed by atoms with Crippen molar-refractivity contribution in [3.63, 3.8) is 0 Å². The van der Waals surface area contributed by atoms with Crippen LogP contribution in [0.5, 0.6) is 11.5 Å². The van der Waals surface area contributed by atoms with Gasteiger partial charge in [0.2, 0.25) is 6.79 Å². The van der Waals surface area contributed by atoms with Crippen molar-refractivity contribution in [3.05, 3.63) is 57.4 Å². The number of nitrogens with one attached hydrogen (secondary N) is 1. The third-order valence-corrected chi connectivity index (χ3v) is 5.92. The van der Waals surface area contributed by atoms with Gasteiger partial charge in [-0.2, -0.15) is 0 Å². The van der Waals surface area contributed by atoms with Gasteiger partial charge in [-0.05, 0) is 48.7 Å². The number of hydrogen-bond acceptors (Lipinski definition) is 7. The zero-order valence-corrected chi connectivity index (χ0v) is 17.1. The Balaban J connectivity index is 1.27. The van der Waals surface area contributed by atoms with E-state index in [0.29, 0.717) is 16.3 Å². The first kappa shape index (κ1) is 19.1. The van der Waals surface area contributed by atoms with Crippen molar-refractivity contribution < 1.29 is 13.9 Å². The highest BCUT2D eigenvalue weighted by molar-refractivity contribution is 6.31. The molecular formula is C22H22ClN3O4. The molecule has 1 aromatic heterocycles. The second-order valence-electron chi connectivity index (χ2n) is 7.70. The van der Waals surface area contributed by atoms with Gasteiger partial charge in [-0.15, -0.1) is 0 Å². The maximum Gasteiger partial charge on any atom is 0.361 e. The standard InChI is InChI=1S/C22H22ClN3O4/c23-14-2-4-17-16(10-14)21(20(24)22(27)30-17)25-15-5-7-26(8-6-15)11-13-1-3-18-19(9-13)29-12-28-18/h1-4,9-10,15,25H,5-8,11-12,24H2. The number of nitrogens with two attached hydrogens (primary N) is 1. The van der Waals surface area contributed by atoms with E-state index in [1.165, 1.54) is 5.56 Å². The monoisotopic (exact) mass is 427 g/mol. The van der Waals surface area contributed by atoms with E-state index in [2.05, 4.69) is 16.3 Å². The van der Waals surface area contributed by atoms with E-state index in [-0.39, 0.29) is 18.5 Å². The van der Waals surface area contributed by atoms with Crippen LogP contribution in [0, 0.1) is 0 Å². The topological polar surface area (TPSA) is 90.0 Å². The van der Waals surface area contributed by atoms with Crippen LogP contribution in [0.1, 0.15) is 18.4 Å². The van der Waals surface area contributed by atoms with Gasteiger partial charge >= 0.3 is 5.63 Å². The zero-order chi connectivity index (χ0) is 20.7. The van der Waals surface area contributed by atoms with E-state index in [9.17, 15) is 4.79 Å². The molecule has 0 amide bonds. The minimum atomic E-state index is -0.535. The van der Waals surface area contributed by atoms with Crippen molar-refractivity contribution in [3.8, 4) is 11.5 Å². The fraction of sp³-hybridized carbons (Fsp3) is 0.318. The molecule has 30 heavy (non-hydrogen) atoms. The molecule has 156 valence electrons. The molecule has 5 rings (SSSR count). The van der Waals surface area contributed by atoms with Crippen LogP contribution in [0.15, 0.2) is 45.6 Å². The molecule has 2 aliphatic heterocycles. The highest BCUT2D eigenvalue weighted by atomic mass is 35.5. The first-order valence-corrected chi connectivity index (χ1v) is 10.3. The predicted molar refractivity (Wildman–Crippen MR) is 116 cm³/mol. The summed E-state index contributed by atoms with van der Waals surface area (Å²) >= 11 is 6.15. The average molecular weight is 428 g/mol. The molecule has 0 radical (unpaired) electrons. The normalized spacial score (nSPS) is 16.8. The van der Waals surface area contributed by atoms with Gasteiger partial charge in [0.1, 0.15) is 11.3 Å². The summed E-state index contributed by atoms with van der Waals surface area (Å²) in [5, 5.41) is 4.76. The summed E-state index contributed by atoms with van der Waals surface area (Å²) in [7, 11) is 0. The number of rotatable bonds is 4. The Morgan fingerprint density at radius 1 is 1.10 bits per heavy atom. The van der Waals surface area contributed by atoms with Crippen LogP contribution in [0.3, 0.4) is 0 Å². The smallest absolute Gasteiger partial charge is 0.361 e. The second-order valence-corrected chi connectivity index (χ2v) is 8.14. The third kappa shape index (κ3) is 3.66. The van der Waals surface area contributed by atoms with Gasteiger partial charge in [0.05, 0.1) is 5.69 Å². The number of fused-ring (bicyclic) bond motifs is 2. The average Bonchev–Trinajstić information content (AvgIpc) is 3.21. The van der Waals surface area contributed by atoms with E-state index in [1.807, 2.05) is 12.1 Å². The molecule has 8 heteroatoms. The van der Waals surface area contributed by atoms with E-state index >= 15 is 0 Å². The van der Waals surface area contributed by atoms with Crippen LogP contribution in [0.25, 0.3) is 11.0 Å². The lowest BCUT2D eigenvalue weighted by Crippen LogP contribution is -2.39. The van der Waals surface area contributed by atoms with Crippen LogP contribution in [0.4, 0.5) is 11.4 Å². The quantitative estimate of drug-likeness (QED) is 0.611. The molecule has 2 aliphatic rings. The Hall–Kier alpha value is -2.90. The second kappa shape index (κ2) is 7.74. The van der Waals surface area contributed by atoms with Crippen LogP contribution >= 0.6 is 11.6 Å². The first-order valence-electron chi connectivity index (χ1n) is 9.96. The van der Waals surface area contributed by atoms with Gasteiger partial charge in [-0.3, -0.25) is 4.90 Å². The summed E-state index contributed by atoms with van der Waals surface area (Å²) in [4.78, 5) is 14.5. The Bertz CT molecular complexity index is 1160. The summed E-state index contributed by atoms with van der Waals surface area (Å²) in [6.07, 6.45) is 1.87. The lowest BCUT2D eigenvalue weighted by Gasteiger charge is -2.33. The van der Waals surface area contributed by atoms with Crippen LogP contribution in [-0.4, -0.2) is 30.8 Å². The number of piperidine rings is 1. The fourth-order valence-corrected chi connectivity index (χ4v) is 4.25. The largest absolute Gasteiger partial charge is 0.454 e. The minimum Gasteiger partial charge on any atom is -0.454 e. The number of likely N-dealkylation sites (tertiary alicyclic amines) is 1. The van der Waals surface area contributed by atoms with Crippen molar-refractivity contribution in [1.82, 2.24) is 4.90 Å². The summed E-state index contributed by atoms with van der Waals surface area (Å²) in [6.45, 7) is 3.02. The third-order valence-electron chi connectivity index (χ3n) is 5.68. The number of nitrogens with zero attached hydrogens (tertiary/aromatic N) is 1. The Morgan fingerprint density at radius 3 is 2.73 bits per heavy atom. The maximum absolute atomic E-state index is 12.1. The van der Waals surface area contributed by atoms with Gasteiger partial charge < -0.3 is 24.9 Å². The molecule has 0 atom stereocenters. The van der Waals surface area contributed by atoms with Gasteiger partial charge in [-0.1, -0.05) is 17.7 Å². The Kier molecular flexibility index (Phi) is 4.92. The van der Waals surface area contributed by atoms with Crippen molar-refractivity contribution in [2.24, 2.45) is 0 Å². The molecule has 0 spiro atoms. The molecule has 2 aromatic carbocycles. The van der Waals surface area contributed by atoms with E-state index in [1.54, 1.807) is 18.2 Å². The Morgan fingerprint density at radius 2 is 1.90 bits per heavy atom. The summed E-state index contributed by atoms with van der Waals surface area (Å²) in [5.41, 5.74) is 7.89. The zero-order valence-electron chi connectivity index (χ0n) is 16.3. The minimum absolute atomic E-state index is 0.0903. The molecule has 0 saturated carbocycles. The number of ether oxygens (including phenoxy) is 2. The highest BCUT2D eigenvalue weighted by Crippen LogP contribution is 2.34. The van der Waals surface area contributed by atoms with E-state index in [0.717, 1.165) is 49.4 Å². The summed E-state index contributed by atoms with van der Waals surface area (Å²) in [5.74, 6) is 1.62. The van der Waals surface area contributed by atoms with Gasteiger partial charge in [0.15, 0.2) is 11.5 Å². The van der Waals surface area contributed by atoms with Gasteiger partial charge in [0.25, 0.3) is 0 Å². The molecule has 0 unspecified atom stereocenters. The Labute approximate surface area is 178 Å². The van der Waals surface area contributed by atoms with Crippen molar-refractivity contribution >= 4 is 33.9 Å². The van der Waals surface area contributed by atoms with E-state index in [4.69, 9.17) is 31.2 Å². The SMILES string of the molecule is Nc1c(NC2CCN(Cc3ccc4c(c3)OCO4)CC2)c2cc(Cl)ccc2oc1=O. The molecule has 3 heterocycles. The molecular weight excluding hydrogens is 406 g/mol. The predicted octanol–water partition coefficient (Wildman–Crippen LogP) is 3.83. The van der Waals surface area contributed by atoms with Crippen LogP contribution in [-0.2, 0) is 6.54 Å². The summed E-state index contributed by atoms with van der Waals surface area (Å²) < 4.78 is 16.1. The van der Waals surface area contributed by atoms with E-state index < -0.39 is 5.63 Å².